The molecule has 4 rings (SSSR count). The van der Waals surface area contributed by atoms with Crippen molar-refractivity contribution in [2.45, 2.75) is 32.7 Å². The normalized spacial score (nSPS) is 14.3. The molecule has 3 aromatic carbocycles. The number of carbonyl (C=O) groups excluding carboxylic acids is 2. The highest BCUT2D eigenvalue weighted by Crippen LogP contribution is 2.32. The van der Waals surface area contributed by atoms with Gasteiger partial charge in [0.05, 0.1) is 12.1 Å². The van der Waals surface area contributed by atoms with Crippen LogP contribution in [-0.4, -0.2) is 16.7 Å². The van der Waals surface area contributed by atoms with Crippen LogP contribution in [0.15, 0.2) is 78.5 Å². The molecule has 0 atom stereocenters. The molecule has 0 fully saturated rings. The zero-order valence-electron chi connectivity index (χ0n) is 18.7. The third kappa shape index (κ3) is 4.83. The van der Waals surface area contributed by atoms with Crippen LogP contribution in [0.5, 0.6) is 0 Å². The van der Waals surface area contributed by atoms with Crippen LogP contribution in [-0.2, 0) is 21.5 Å². The molecule has 1 heterocycles. The van der Waals surface area contributed by atoms with Gasteiger partial charge in [-0.05, 0) is 58.5 Å². The van der Waals surface area contributed by atoms with Crippen molar-refractivity contribution in [1.29, 1.82) is 0 Å². The van der Waals surface area contributed by atoms with Crippen LogP contribution in [0.4, 0.5) is 10.1 Å². The van der Waals surface area contributed by atoms with Crippen molar-refractivity contribution >= 4 is 34.7 Å². The summed E-state index contributed by atoms with van der Waals surface area (Å²) < 4.78 is 13.5. The van der Waals surface area contributed by atoms with Crippen LogP contribution in [0.3, 0.4) is 0 Å². The molecule has 0 radical (unpaired) electrons. The van der Waals surface area contributed by atoms with E-state index in [9.17, 15) is 14.0 Å². The predicted octanol–water partition coefficient (Wildman–Crippen LogP) is 6.17. The van der Waals surface area contributed by atoms with Gasteiger partial charge in [0.25, 0.3) is 11.8 Å². The molecule has 3 aromatic rings. The second-order valence-electron chi connectivity index (χ2n) is 9.03. The summed E-state index contributed by atoms with van der Waals surface area (Å²) in [6.45, 7) is 6.48. The van der Waals surface area contributed by atoms with E-state index in [1.165, 1.54) is 29.2 Å². The van der Waals surface area contributed by atoms with Gasteiger partial charge in [-0.15, -0.1) is 0 Å². The minimum Gasteiger partial charge on any atom is -0.350 e. The number of hydrogen-bond acceptors (Lipinski definition) is 3. The molecule has 0 unspecified atom stereocenters. The largest absolute Gasteiger partial charge is 0.350 e. The fourth-order valence-corrected chi connectivity index (χ4v) is 3.82. The van der Waals surface area contributed by atoms with Gasteiger partial charge in [-0.2, -0.15) is 0 Å². The lowest BCUT2D eigenvalue weighted by Gasteiger charge is -2.19. The van der Waals surface area contributed by atoms with E-state index in [2.05, 4.69) is 26.1 Å². The van der Waals surface area contributed by atoms with Gasteiger partial charge >= 0.3 is 0 Å². The van der Waals surface area contributed by atoms with Crippen molar-refractivity contribution in [1.82, 2.24) is 4.90 Å². The molecule has 168 valence electrons. The van der Waals surface area contributed by atoms with Gasteiger partial charge in [-0.3, -0.25) is 14.5 Å². The summed E-state index contributed by atoms with van der Waals surface area (Å²) in [7, 11) is 0. The fraction of sp³-hybridized carbons (Fsp3) is 0.185. The van der Waals surface area contributed by atoms with Gasteiger partial charge < -0.3 is 5.32 Å². The maximum absolute atomic E-state index is 13.5. The second kappa shape index (κ2) is 8.83. The maximum atomic E-state index is 13.5. The van der Waals surface area contributed by atoms with Gasteiger partial charge in [0, 0.05) is 10.7 Å². The highest BCUT2D eigenvalue weighted by Gasteiger charge is 2.39. The van der Waals surface area contributed by atoms with Crippen LogP contribution in [0.25, 0.3) is 5.57 Å². The molecule has 1 aliphatic heterocycles. The molecule has 0 saturated carbocycles. The molecule has 0 bridgehead atoms. The standard InChI is InChI=1S/C27H24ClFN2O2/c1-27(2,3)19-8-14-22(15-9-19)30-24-23(18-6-12-21(29)13-7-18)25(32)31(26(24)33)16-17-4-10-20(28)11-5-17/h4-15,30H,16H2,1-3H3. The van der Waals surface area contributed by atoms with Gasteiger partial charge in [0.2, 0.25) is 0 Å². The molecule has 0 spiro atoms. The molecule has 6 heteroatoms. The Morgan fingerprint density at radius 3 is 2.03 bits per heavy atom. The van der Waals surface area contributed by atoms with Crippen molar-refractivity contribution in [2.75, 3.05) is 5.32 Å². The third-order valence-corrected chi connectivity index (χ3v) is 5.83. The van der Waals surface area contributed by atoms with Crippen LogP contribution in [0.1, 0.15) is 37.5 Å². The van der Waals surface area contributed by atoms with E-state index in [1.54, 1.807) is 24.3 Å². The summed E-state index contributed by atoms with van der Waals surface area (Å²) in [5.74, 6) is -1.29. The zero-order valence-corrected chi connectivity index (χ0v) is 19.4. The number of halogens is 2. The topological polar surface area (TPSA) is 49.4 Å². The van der Waals surface area contributed by atoms with Crippen molar-refractivity contribution in [2.24, 2.45) is 0 Å². The Bertz CT molecular complexity index is 1230. The van der Waals surface area contributed by atoms with Gasteiger partial charge in [0.15, 0.2) is 0 Å². The Hall–Kier alpha value is -3.44. The van der Waals surface area contributed by atoms with E-state index < -0.39 is 17.6 Å². The van der Waals surface area contributed by atoms with Crippen molar-refractivity contribution in [3.8, 4) is 0 Å². The third-order valence-electron chi connectivity index (χ3n) is 5.58. The minimum absolute atomic E-state index is 0.00834. The number of anilines is 1. The van der Waals surface area contributed by atoms with E-state index in [1.807, 2.05) is 24.3 Å². The van der Waals surface area contributed by atoms with Crippen LogP contribution < -0.4 is 5.32 Å². The first-order valence-electron chi connectivity index (χ1n) is 10.6. The Morgan fingerprint density at radius 1 is 0.848 bits per heavy atom. The summed E-state index contributed by atoms with van der Waals surface area (Å²) in [6, 6.07) is 20.3. The minimum atomic E-state index is -0.436. The van der Waals surface area contributed by atoms with Crippen LogP contribution in [0, 0.1) is 5.82 Å². The Morgan fingerprint density at radius 2 is 1.45 bits per heavy atom. The van der Waals surface area contributed by atoms with E-state index in [0.717, 1.165) is 11.1 Å². The molecule has 1 aliphatic rings. The number of imide groups is 1. The molecular weight excluding hydrogens is 439 g/mol. The Balaban J connectivity index is 1.70. The lowest BCUT2D eigenvalue weighted by molar-refractivity contribution is -0.137. The quantitative estimate of drug-likeness (QED) is 0.461. The fourth-order valence-electron chi connectivity index (χ4n) is 3.69. The summed E-state index contributed by atoms with van der Waals surface area (Å²) in [5, 5.41) is 3.71. The van der Waals surface area contributed by atoms with Crippen LogP contribution in [0.2, 0.25) is 5.02 Å². The molecule has 0 aromatic heterocycles. The SMILES string of the molecule is CC(C)(C)c1ccc(NC2=C(c3ccc(F)cc3)C(=O)N(Cc3ccc(Cl)cc3)C2=O)cc1. The first-order chi connectivity index (χ1) is 15.6. The van der Waals surface area contributed by atoms with Crippen molar-refractivity contribution in [3.05, 3.63) is 106 Å². The molecule has 0 aliphatic carbocycles. The lowest BCUT2D eigenvalue weighted by Crippen LogP contribution is -2.32. The van der Waals surface area contributed by atoms with Crippen molar-refractivity contribution < 1.29 is 14.0 Å². The number of nitrogens with zero attached hydrogens (tertiary/aromatic N) is 1. The Labute approximate surface area is 197 Å². The lowest BCUT2D eigenvalue weighted by atomic mass is 9.87. The molecule has 2 amide bonds. The number of nitrogens with one attached hydrogen (secondary N) is 1. The molecule has 0 saturated heterocycles. The first-order valence-corrected chi connectivity index (χ1v) is 11.0. The molecule has 4 nitrogen and oxygen atoms in total. The summed E-state index contributed by atoms with van der Waals surface area (Å²) in [5.41, 5.74) is 3.47. The van der Waals surface area contributed by atoms with E-state index >= 15 is 0 Å². The molecule has 1 N–H and O–H groups in total. The monoisotopic (exact) mass is 462 g/mol. The molecule has 33 heavy (non-hydrogen) atoms. The average Bonchev–Trinajstić information content (AvgIpc) is 3.00. The first kappa shape index (κ1) is 22.7. The number of rotatable bonds is 5. The number of amides is 2. The van der Waals surface area contributed by atoms with E-state index in [4.69, 9.17) is 11.6 Å². The summed E-state index contributed by atoms with van der Waals surface area (Å²) in [6.07, 6.45) is 0. The Kier molecular flexibility index (Phi) is 6.09. The van der Waals surface area contributed by atoms with Crippen LogP contribution >= 0.6 is 11.6 Å². The maximum Gasteiger partial charge on any atom is 0.278 e. The van der Waals surface area contributed by atoms with E-state index in [0.29, 0.717) is 16.3 Å². The van der Waals surface area contributed by atoms with E-state index in [-0.39, 0.29) is 23.2 Å². The number of hydrogen-bond donors (Lipinski definition) is 1. The van der Waals surface area contributed by atoms with Crippen molar-refractivity contribution in [3.63, 3.8) is 0 Å². The zero-order chi connectivity index (χ0) is 23.8. The van der Waals surface area contributed by atoms with Gasteiger partial charge in [-0.25, -0.2) is 4.39 Å². The predicted molar refractivity (Wildman–Crippen MR) is 129 cm³/mol. The van der Waals surface area contributed by atoms with Gasteiger partial charge in [-0.1, -0.05) is 68.8 Å². The number of carbonyl (C=O) groups is 2. The number of benzene rings is 3. The van der Waals surface area contributed by atoms with Gasteiger partial charge in [0.1, 0.15) is 11.5 Å². The highest BCUT2D eigenvalue weighted by molar-refractivity contribution is 6.36. The average molecular weight is 463 g/mol. The molecular formula is C27H24ClFN2O2. The summed E-state index contributed by atoms with van der Waals surface area (Å²) >= 11 is 5.96. The summed E-state index contributed by atoms with van der Waals surface area (Å²) in [4.78, 5) is 27.9. The second-order valence-corrected chi connectivity index (χ2v) is 9.47. The highest BCUT2D eigenvalue weighted by atomic mass is 35.5. The smallest absolute Gasteiger partial charge is 0.278 e.